The fourth-order valence-electron chi connectivity index (χ4n) is 2.28. The zero-order valence-electron chi connectivity index (χ0n) is 14.1. The van der Waals surface area contributed by atoms with E-state index in [4.69, 9.17) is 19.5 Å². The second-order valence-electron chi connectivity index (χ2n) is 5.87. The Bertz CT molecular complexity index is 861. The molecule has 0 aliphatic heterocycles. The number of ether oxygens (including phenoxy) is 1. The Labute approximate surface area is 144 Å². The molecule has 0 atom stereocenters. The van der Waals surface area contributed by atoms with Crippen molar-refractivity contribution in [2.75, 3.05) is 5.73 Å². The highest BCUT2D eigenvalue weighted by Crippen LogP contribution is 2.21. The monoisotopic (exact) mass is 342 g/mol. The number of nitrogen functional groups attached to an aromatic ring is 1. The first-order chi connectivity index (χ1) is 12.0. The van der Waals surface area contributed by atoms with E-state index < -0.39 is 5.97 Å². The van der Waals surface area contributed by atoms with Crippen LogP contribution in [0.3, 0.4) is 0 Å². The summed E-state index contributed by atoms with van der Waals surface area (Å²) in [6.45, 7) is 5.68. The van der Waals surface area contributed by atoms with Gasteiger partial charge in [-0.3, -0.25) is 0 Å². The largest absolute Gasteiger partial charge is 0.452 e. The maximum Gasteiger partial charge on any atom is 0.346 e. The molecule has 0 saturated heterocycles. The minimum atomic E-state index is -0.655. The molecule has 0 fully saturated rings. The van der Waals surface area contributed by atoms with Gasteiger partial charge in [0.15, 0.2) is 6.61 Å². The Kier molecular flexibility index (Phi) is 4.51. The second-order valence-corrected chi connectivity index (χ2v) is 5.87. The van der Waals surface area contributed by atoms with Crippen LogP contribution in [-0.4, -0.2) is 21.3 Å². The molecule has 8 nitrogen and oxygen atoms in total. The predicted octanol–water partition coefficient (Wildman–Crippen LogP) is 3.10. The van der Waals surface area contributed by atoms with Gasteiger partial charge in [0.05, 0.1) is 5.69 Å². The lowest BCUT2D eigenvalue weighted by atomic mass is 10.0. The number of carbonyl (C=O) groups excluding carboxylic acids is 1. The number of aromatic nitrogens is 3. The van der Waals surface area contributed by atoms with E-state index in [0.29, 0.717) is 17.4 Å². The van der Waals surface area contributed by atoms with Gasteiger partial charge in [-0.2, -0.15) is 4.98 Å². The summed E-state index contributed by atoms with van der Waals surface area (Å²) in [5, 5.41) is 7.51. The molecule has 0 aliphatic carbocycles. The van der Waals surface area contributed by atoms with Crippen LogP contribution in [0.15, 0.2) is 33.3 Å². The molecule has 0 radical (unpaired) electrons. The van der Waals surface area contributed by atoms with Gasteiger partial charge in [-0.05, 0) is 18.4 Å². The fraction of sp³-hybridized carbons (Fsp3) is 0.294. The van der Waals surface area contributed by atoms with Crippen molar-refractivity contribution < 1.29 is 18.6 Å². The molecule has 2 aromatic heterocycles. The van der Waals surface area contributed by atoms with Crippen molar-refractivity contribution >= 4 is 11.9 Å². The first kappa shape index (κ1) is 16.7. The Morgan fingerprint density at radius 2 is 1.92 bits per heavy atom. The molecule has 0 spiro atoms. The molecule has 2 N–H and O–H groups in total. The average molecular weight is 342 g/mol. The Balaban J connectivity index is 1.67. The topological polar surface area (TPSA) is 117 Å². The van der Waals surface area contributed by atoms with Gasteiger partial charge in [-0.25, -0.2) is 4.79 Å². The molecular formula is C17H18N4O4. The quantitative estimate of drug-likeness (QED) is 0.703. The molecule has 0 aliphatic rings. The molecule has 3 aromatic rings. The summed E-state index contributed by atoms with van der Waals surface area (Å²) in [6, 6.07) is 7.90. The summed E-state index contributed by atoms with van der Waals surface area (Å²) < 4.78 is 15.0. The molecule has 25 heavy (non-hydrogen) atoms. The van der Waals surface area contributed by atoms with E-state index in [-0.39, 0.29) is 23.9 Å². The minimum absolute atomic E-state index is 0.0843. The van der Waals surface area contributed by atoms with Crippen molar-refractivity contribution in [3.63, 3.8) is 0 Å². The number of rotatable bonds is 5. The molecule has 3 rings (SSSR count). The SMILES string of the molecule is Cc1noc(N)c1C(=O)OCc1nc(-c2ccc(C(C)C)cc2)no1. The van der Waals surface area contributed by atoms with Gasteiger partial charge in [0.25, 0.3) is 5.89 Å². The van der Waals surface area contributed by atoms with Crippen LogP contribution in [0, 0.1) is 6.92 Å². The lowest BCUT2D eigenvalue weighted by Crippen LogP contribution is -2.08. The van der Waals surface area contributed by atoms with Crippen LogP contribution in [0.1, 0.15) is 47.3 Å². The molecule has 1 aromatic carbocycles. The summed E-state index contributed by atoms with van der Waals surface area (Å²) in [6.07, 6.45) is 0. The van der Waals surface area contributed by atoms with Crippen molar-refractivity contribution in [3.05, 3.63) is 47.0 Å². The fourth-order valence-corrected chi connectivity index (χ4v) is 2.28. The third-order valence-corrected chi connectivity index (χ3v) is 3.72. The maximum atomic E-state index is 12.0. The standard InChI is InChI=1S/C17H18N4O4/c1-9(2)11-4-6-12(7-5-11)16-19-13(24-21-16)8-23-17(22)14-10(3)20-25-15(14)18/h4-7,9H,8,18H2,1-3H3. The zero-order chi connectivity index (χ0) is 18.0. The van der Waals surface area contributed by atoms with Crippen LogP contribution in [-0.2, 0) is 11.3 Å². The van der Waals surface area contributed by atoms with Gasteiger partial charge >= 0.3 is 5.97 Å². The maximum absolute atomic E-state index is 12.0. The molecule has 2 heterocycles. The van der Waals surface area contributed by atoms with Crippen LogP contribution in [0.2, 0.25) is 0 Å². The highest BCUT2D eigenvalue weighted by Gasteiger charge is 2.21. The van der Waals surface area contributed by atoms with Crippen molar-refractivity contribution in [1.82, 2.24) is 15.3 Å². The highest BCUT2D eigenvalue weighted by atomic mass is 16.6. The van der Waals surface area contributed by atoms with Crippen LogP contribution in [0.5, 0.6) is 0 Å². The molecule has 0 unspecified atom stereocenters. The van der Waals surface area contributed by atoms with E-state index in [1.54, 1.807) is 6.92 Å². The van der Waals surface area contributed by atoms with E-state index in [0.717, 1.165) is 5.56 Å². The van der Waals surface area contributed by atoms with Gasteiger partial charge in [-0.1, -0.05) is 48.4 Å². The minimum Gasteiger partial charge on any atom is -0.452 e. The number of carbonyl (C=O) groups is 1. The molecule has 0 saturated carbocycles. The molecular weight excluding hydrogens is 324 g/mol. The summed E-state index contributed by atoms with van der Waals surface area (Å²) in [5.41, 5.74) is 8.05. The number of aryl methyl sites for hydroxylation is 1. The summed E-state index contributed by atoms with van der Waals surface area (Å²) in [5.74, 6) is 0.324. The van der Waals surface area contributed by atoms with Crippen LogP contribution in [0.4, 0.5) is 5.88 Å². The third-order valence-electron chi connectivity index (χ3n) is 3.72. The Morgan fingerprint density at radius 3 is 2.52 bits per heavy atom. The first-order valence-electron chi connectivity index (χ1n) is 7.77. The van der Waals surface area contributed by atoms with E-state index in [1.165, 1.54) is 5.56 Å². The van der Waals surface area contributed by atoms with Gasteiger partial charge in [0, 0.05) is 5.56 Å². The average Bonchev–Trinajstić information content (AvgIpc) is 3.20. The normalized spacial score (nSPS) is 11.0. The summed E-state index contributed by atoms with van der Waals surface area (Å²) in [7, 11) is 0. The van der Waals surface area contributed by atoms with Gasteiger partial charge in [0.2, 0.25) is 11.7 Å². The van der Waals surface area contributed by atoms with Crippen molar-refractivity contribution in [2.45, 2.75) is 33.3 Å². The number of nitrogens with zero attached hydrogens (tertiary/aromatic N) is 3. The van der Waals surface area contributed by atoms with Crippen LogP contribution < -0.4 is 5.73 Å². The Hall–Kier alpha value is -3.16. The van der Waals surface area contributed by atoms with E-state index >= 15 is 0 Å². The van der Waals surface area contributed by atoms with Gasteiger partial charge in [0.1, 0.15) is 5.56 Å². The summed E-state index contributed by atoms with van der Waals surface area (Å²) in [4.78, 5) is 16.2. The lowest BCUT2D eigenvalue weighted by Gasteiger charge is -2.04. The number of benzene rings is 1. The van der Waals surface area contributed by atoms with Crippen LogP contribution in [0.25, 0.3) is 11.4 Å². The number of hydrogen-bond acceptors (Lipinski definition) is 8. The highest BCUT2D eigenvalue weighted by molar-refractivity contribution is 5.94. The second kappa shape index (κ2) is 6.76. The Morgan fingerprint density at radius 1 is 1.20 bits per heavy atom. The molecule has 130 valence electrons. The molecule has 8 heteroatoms. The lowest BCUT2D eigenvalue weighted by molar-refractivity contribution is 0.0430. The molecule has 0 bridgehead atoms. The predicted molar refractivity (Wildman–Crippen MR) is 88.6 cm³/mol. The number of anilines is 1. The zero-order valence-corrected chi connectivity index (χ0v) is 14.1. The number of nitrogens with two attached hydrogens (primary N) is 1. The van der Waals surface area contributed by atoms with E-state index in [1.807, 2.05) is 24.3 Å². The number of esters is 1. The van der Waals surface area contributed by atoms with Crippen LogP contribution >= 0.6 is 0 Å². The first-order valence-corrected chi connectivity index (χ1v) is 7.77. The van der Waals surface area contributed by atoms with Gasteiger partial charge in [-0.15, -0.1) is 0 Å². The molecule has 0 amide bonds. The van der Waals surface area contributed by atoms with E-state index in [9.17, 15) is 4.79 Å². The van der Waals surface area contributed by atoms with Crippen molar-refractivity contribution in [3.8, 4) is 11.4 Å². The van der Waals surface area contributed by atoms with Crippen molar-refractivity contribution in [2.24, 2.45) is 0 Å². The third kappa shape index (κ3) is 3.52. The van der Waals surface area contributed by atoms with E-state index in [2.05, 4.69) is 29.1 Å². The smallest absolute Gasteiger partial charge is 0.346 e. The van der Waals surface area contributed by atoms with Gasteiger partial charge < -0.3 is 19.5 Å². The summed E-state index contributed by atoms with van der Waals surface area (Å²) >= 11 is 0. The van der Waals surface area contributed by atoms with Crippen molar-refractivity contribution in [1.29, 1.82) is 0 Å². The number of hydrogen-bond donors (Lipinski definition) is 1.